The standard InChI is InChI=1S/C11H12BrNO.ClH/c12-10-3-1-2-7-8-4-13-5-11(8)14-6-9(7)10;/h1-3,8,11,13H,4-6H2;1H/t8-,11-;/m0./s1. The van der Waals surface area contributed by atoms with E-state index < -0.39 is 0 Å². The molecule has 0 saturated carbocycles. The molecule has 0 aromatic heterocycles. The lowest BCUT2D eigenvalue weighted by molar-refractivity contribution is 0.0295. The molecule has 2 nitrogen and oxygen atoms in total. The molecule has 0 amide bonds. The summed E-state index contributed by atoms with van der Waals surface area (Å²) < 4.78 is 7.00. The fourth-order valence-corrected chi connectivity index (χ4v) is 2.90. The Balaban J connectivity index is 0.000000853. The molecule has 0 aliphatic carbocycles. The lowest BCUT2D eigenvalue weighted by atomic mass is 9.90. The maximum atomic E-state index is 5.82. The number of fused-ring (bicyclic) bond motifs is 3. The van der Waals surface area contributed by atoms with Gasteiger partial charge >= 0.3 is 0 Å². The van der Waals surface area contributed by atoms with Crippen molar-refractivity contribution >= 4 is 28.3 Å². The van der Waals surface area contributed by atoms with Crippen LogP contribution in [-0.2, 0) is 11.3 Å². The van der Waals surface area contributed by atoms with Crippen LogP contribution in [0.4, 0.5) is 0 Å². The van der Waals surface area contributed by atoms with Gasteiger partial charge in [-0.2, -0.15) is 0 Å². The molecule has 1 fully saturated rings. The Morgan fingerprint density at radius 3 is 3.07 bits per heavy atom. The van der Waals surface area contributed by atoms with Crippen LogP contribution in [0.25, 0.3) is 0 Å². The summed E-state index contributed by atoms with van der Waals surface area (Å²) in [5.74, 6) is 0.552. The van der Waals surface area contributed by atoms with Crippen molar-refractivity contribution < 1.29 is 4.74 Å². The Labute approximate surface area is 104 Å². The Morgan fingerprint density at radius 2 is 2.20 bits per heavy atom. The van der Waals surface area contributed by atoms with Gasteiger partial charge in [0.05, 0.1) is 12.7 Å². The van der Waals surface area contributed by atoms with E-state index in [1.54, 1.807) is 0 Å². The van der Waals surface area contributed by atoms with E-state index in [-0.39, 0.29) is 12.4 Å². The predicted octanol–water partition coefficient (Wildman–Crippen LogP) is 2.46. The quantitative estimate of drug-likeness (QED) is 0.792. The lowest BCUT2D eigenvalue weighted by Gasteiger charge is -2.28. The van der Waals surface area contributed by atoms with Gasteiger partial charge in [0.2, 0.25) is 0 Å². The minimum Gasteiger partial charge on any atom is -0.371 e. The second-order valence-corrected chi connectivity index (χ2v) is 4.78. The molecule has 0 spiro atoms. The molecule has 2 atom stereocenters. The Hall–Kier alpha value is -0.0900. The van der Waals surface area contributed by atoms with Gasteiger partial charge in [0.15, 0.2) is 0 Å². The third kappa shape index (κ3) is 1.82. The van der Waals surface area contributed by atoms with Gasteiger partial charge in [-0.3, -0.25) is 0 Å². The Kier molecular flexibility index (Phi) is 3.36. The maximum Gasteiger partial charge on any atom is 0.0784 e. The summed E-state index contributed by atoms with van der Waals surface area (Å²) in [6, 6.07) is 6.43. The normalized spacial score (nSPS) is 27.8. The van der Waals surface area contributed by atoms with Crippen molar-refractivity contribution in [3.05, 3.63) is 33.8 Å². The highest BCUT2D eigenvalue weighted by atomic mass is 79.9. The average Bonchev–Trinajstić information content (AvgIpc) is 2.66. The van der Waals surface area contributed by atoms with Crippen LogP contribution in [0.15, 0.2) is 22.7 Å². The number of halogens is 2. The number of ether oxygens (including phenoxy) is 1. The first kappa shape index (κ1) is 11.4. The van der Waals surface area contributed by atoms with Crippen molar-refractivity contribution in [1.29, 1.82) is 0 Å². The maximum absolute atomic E-state index is 5.82. The van der Waals surface area contributed by atoms with Gasteiger partial charge in [0.25, 0.3) is 0 Å². The van der Waals surface area contributed by atoms with Crippen LogP contribution in [-0.4, -0.2) is 19.2 Å². The van der Waals surface area contributed by atoms with E-state index in [9.17, 15) is 0 Å². The van der Waals surface area contributed by atoms with Gasteiger partial charge in [-0.1, -0.05) is 28.1 Å². The van der Waals surface area contributed by atoms with Crippen LogP contribution in [0.1, 0.15) is 17.0 Å². The van der Waals surface area contributed by atoms with Crippen LogP contribution < -0.4 is 5.32 Å². The van der Waals surface area contributed by atoms with E-state index in [0.717, 1.165) is 19.7 Å². The highest BCUT2D eigenvalue weighted by molar-refractivity contribution is 9.10. The van der Waals surface area contributed by atoms with Crippen molar-refractivity contribution in [1.82, 2.24) is 5.32 Å². The van der Waals surface area contributed by atoms with Crippen LogP contribution in [0.5, 0.6) is 0 Å². The first-order chi connectivity index (χ1) is 6.86. The summed E-state index contributed by atoms with van der Waals surface area (Å²) in [4.78, 5) is 0. The van der Waals surface area contributed by atoms with Gasteiger partial charge in [-0.15, -0.1) is 12.4 Å². The van der Waals surface area contributed by atoms with Crippen molar-refractivity contribution in [3.63, 3.8) is 0 Å². The van der Waals surface area contributed by atoms with Crippen molar-refractivity contribution in [2.24, 2.45) is 0 Å². The zero-order chi connectivity index (χ0) is 9.54. The van der Waals surface area contributed by atoms with E-state index in [1.165, 1.54) is 15.6 Å². The van der Waals surface area contributed by atoms with Crippen molar-refractivity contribution in [2.45, 2.75) is 18.6 Å². The van der Waals surface area contributed by atoms with E-state index in [2.05, 4.69) is 39.4 Å². The van der Waals surface area contributed by atoms with E-state index in [4.69, 9.17) is 4.74 Å². The molecular formula is C11H13BrClNO. The SMILES string of the molecule is Brc1cccc2c1CO[C@H]1CNC[C@@H]21.Cl. The fourth-order valence-electron chi connectivity index (χ4n) is 2.41. The minimum atomic E-state index is 0. The number of rotatable bonds is 0. The molecule has 2 aliphatic rings. The number of hydrogen-bond acceptors (Lipinski definition) is 2. The van der Waals surface area contributed by atoms with Gasteiger partial charge in [0.1, 0.15) is 0 Å². The molecule has 1 aromatic carbocycles. The number of nitrogens with one attached hydrogen (secondary N) is 1. The molecule has 3 rings (SSSR count). The van der Waals surface area contributed by atoms with Crippen LogP contribution in [0.3, 0.4) is 0 Å². The highest BCUT2D eigenvalue weighted by Crippen LogP contribution is 2.36. The first-order valence-corrected chi connectivity index (χ1v) is 5.75. The molecule has 82 valence electrons. The zero-order valence-corrected chi connectivity index (χ0v) is 10.6. The molecule has 0 radical (unpaired) electrons. The minimum absolute atomic E-state index is 0. The summed E-state index contributed by atoms with van der Waals surface area (Å²) in [6.45, 7) is 2.80. The molecule has 2 aliphatic heterocycles. The predicted molar refractivity (Wildman–Crippen MR) is 65.6 cm³/mol. The van der Waals surface area contributed by atoms with Gasteiger partial charge in [-0.05, 0) is 17.2 Å². The molecular weight excluding hydrogens is 277 g/mol. The summed E-state index contributed by atoms with van der Waals surface area (Å²) >= 11 is 3.58. The monoisotopic (exact) mass is 289 g/mol. The number of hydrogen-bond donors (Lipinski definition) is 1. The Morgan fingerprint density at radius 1 is 1.33 bits per heavy atom. The third-order valence-corrected chi connectivity index (χ3v) is 3.90. The van der Waals surface area contributed by atoms with E-state index >= 15 is 0 Å². The van der Waals surface area contributed by atoms with Gasteiger partial charge in [-0.25, -0.2) is 0 Å². The van der Waals surface area contributed by atoms with Gasteiger partial charge in [0, 0.05) is 23.5 Å². The van der Waals surface area contributed by atoms with Crippen LogP contribution in [0.2, 0.25) is 0 Å². The summed E-state index contributed by atoms with van der Waals surface area (Å²) in [5.41, 5.74) is 2.79. The molecule has 1 aromatic rings. The third-order valence-electron chi connectivity index (χ3n) is 3.15. The van der Waals surface area contributed by atoms with Crippen LogP contribution >= 0.6 is 28.3 Å². The fraction of sp³-hybridized carbons (Fsp3) is 0.455. The summed E-state index contributed by atoms with van der Waals surface area (Å²) in [6.07, 6.45) is 0.386. The lowest BCUT2D eigenvalue weighted by Crippen LogP contribution is -2.26. The summed E-state index contributed by atoms with van der Waals surface area (Å²) in [5, 5.41) is 3.38. The zero-order valence-electron chi connectivity index (χ0n) is 8.20. The molecule has 1 saturated heterocycles. The van der Waals surface area contributed by atoms with Crippen LogP contribution in [0, 0.1) is 0 Å². The molecule has 0 unspecified atom stereocenters. The van der Waals surface area contributed by atoms with E-state index in [1.807, 2.05) is 0 Å². The van der Waals surface area contributed by atoms with Crippen molar-refractivity contribution in [3.8, 4) is 0 Å². The van der Waals surface area contributed by atoms with E-state index in [0.29, 0.717) is 12.0 Å². The molecule has 4 heteroatoms. The smallest absolute Gasteiger partial charge is 0.0784 e. The summed E-state index contributed by atoms with van der Waals surface area (Å²) in [7, 11) is 0. The molecule has 1 N–H and O–H groups in total. The Bertz CT molecular complexity index is 372. The average molecular weight is 291 g/mol. The second kappa shape index (κ2) is 4.42. The largest absolute Gasteiger partial charge is 0.371 e. The highest BCUT2D eigenvalue weighted by Gasteiger charge is 2.34. The molecule has 2 heterocycles. The van der Waals surface area contributed by atoms with Crippen molar-refractivity contribution in [2.75, 3.05) is 13.1 Å². The molecule has 15 heavy (non-hydrogen) atoms. The first-order valence-electron chi connectivity index (χ1n) is 4.96. The van der Waals surface area contributed by atoms with Gasteiger partial charge < -0.3 is 10.1 Å². The topological polar surface area (TPSA) is 21.3 Å². The second-order valence-electron chi connectivity index (χ2n) is 3.92. The number of benzene rings is 1. The molecule has 0 bridgehead atoms.